The molecule has 2 atom stereocenters. The highest BCUT2D eigenvalue weighted by Gasteiger charge is 2.32. The molecule has 1 aliphatic heterocycles. The second-order valence-electron chi connectivity index (χ2n) is 5.26. The Balaban J connectivity index is 1.88. The molecule has 0 bridgehead atoms. The van der Waals surface area contributed by atoms with E-state index in [1.807, 2.05) is 11.9 Å². The number of nitrogens with zero attached hydrogens (tertiary/aromatic N) is 2. The van der Waals surface area contributed by atoms with Crippen LogP contribution in [0.5, 0.6) is 0 Å². The third-order valence-electron chi connectivity index (χ3n) is 3.82. The van der Waals surface area contributed by atoms with Crippen LogP contribution in [0, 0.1) is 0 Å². The number of likely N-dealkylation sites (N-methyl/N-ethyl adjacent to an activating group) is 1. The Kier molecular flexibility index (Phi) is 3.50. The van der Waals surface area contributed by atoms with E-state index in [-0.39, 0.29) is 5.91 Å². The van der Waals surface area contributed by atoms with Crippen LogP contribution in [0.3, 0.4) is 0 Å². The van der Waals surface area contributed by atoms with Crippen molar-refractivity contribution in [3.05, 3.63) is 0 Å². The Bertz CT molecular complexity index is 255. The zero-order valence-electron chi connectivity index (χ0n) is 10.6. The van der Waals surface area contributed by atoms with Gasteiger partial charge in [-0.1, -0.05) is 0 Å². The quantitative estimate of drug-likeness (QED) is 0.750. The van der Waals surface area contributed by atoms with Crippen LogP contribution < -0.4 is 5.32 Å². The van der Waals surface area contributed by atoms with Gasteiger partial charge in [0.15, 0.2) is 0 Å². The molecule has 0 aromatic heterocycles. The molecule has 0 spiro atoms. The van der Waals surface area contributed by atoms with Crippen LogP contribution in [0.25, 0.3) is 0 Å². The third-order valence-corrected chi connectivity index (χ3v) is 3.82. The summed E-state index contributed by atoms with van der Waals surface area (Å²) in [6.45, 7) is 6.94. The van der Waals surface area contributed by atoms with Crippen molar-refractivity contribution < 1.29 is 4.79 Å². The molecule has 1 saturated heterocycles. The van der Waals surface area contributed by atoms with Gasteiger partial charge < -0.3 is 10.2 Å². The number of rotatable bonds is 3. The number of nitrogens with one attached hydrogen (secondary N) is 1. The maximum absolute atomic E-state index is 12.0. The van der Waals surface area contributed by atoms with Crippen molar-refractivity contribution in [3.8, 4) is 0 Å². The van der Waals surface area contributed by atoms with E-state index in [4.69, 9.17) is 0 Å². The number of piperazine rings is 1. The minimum atomic E-state index is 0.281. The van der Waals surface area contributed by atoms with Crippen molar-refractivity contribution in [1.82, 2.24) is 15.1 Å². The van der Waals surface area contributed by atoms with Crippen molar-refractivity contribution in [3.63, 3.8) is 0 Å². The highest BCUT2D eigenvalue weighted by molar-refractivity contribution is 5.78. The first kappa shape index (κ1) is 11.9. The minimum Gasteiger partial charge on any atom is -0.342 e. The van der Waals surface area contributed by atoms with Gasteiger partial charge in [-0.05, 0) is 26.7 Å². The molecule has 1 aliphatic carbocycles. The van der Waals surface area contributed by atoms with Gasteiger partial charge in [-0.2, -0.15) is 0 Å². The van der Waals surface area contributed by atoms with E-state index in [9.17, 15) is 4.79 Å². The standard InChI is InChI=1S/C12H23N3O/c1-9-6-13-7-10(2)15(9)8-12(16)14(3)11-4-5-11/h9-11,13H,4-8H2,1-3H3. The molecule has 0 radical (unpaired) electrons. The average Bonchev–Trinajstić information content (AvgIpc) is 3.06. The first-order valence-electron chi connectivity index (χ1n) is 6.31. The lowest BCUT2D eigenvalue weighted by Crippen LogP contribution is -2.57. The highest BCUT2D eigenvalue weighted by atomic mass is 16.2. The summed E-state index contributed by atoms with van der Waals surface area (Å²) in [7, 11) is 1.94. The van der Waals surface area contributed by atoms with Crippen molar-refractivity contribution in [2.24, 2.45) is 0 Å². The smallest absolute Gasteiger partial charge is 0.236 e. The summed E-state index contributed by atoms with van der Waals surface area (Å²) in [5.41, 5.74) is 0. The van der Waals surface area contributed by atoms with Crippen LogP contribution in [-0.4, -0.2) is 60.5 Å². The van der Waals surface area contributed by atoms with Crippen molar-refractivity contribution >= 4 is 5.91 Å². The number of amides is 1. The van der Waals surface area contributed by atoms with Crippen LogP contribution in [0.2, 0.25) is 0 Å². The molecule has 4 heteroatoms. The summed E-state index contributed by atoms with van der Waals surface area (Å²) in [6.07, 6.45) is 2.38. The molecule has 2 unspecified atom stereocenters. The molecule has 2 aliphatic rings. The molecule has 92 valence electrons. The minimum absolute atomic E-state index is 0.281. The summed E-state index contributed by atoms with van der Waals surface area (Å²) in [5, 5.41) is 3.39. The molecule has 1 saturated carbocycles. The number of carbonyl (C=O) groups excluding carboxylic acids is 1. The van der Waals surface area contributed by atoms with Gasteiger partial charge in [-0.3, -0.25) is 9.69 Å². The maximum atomic E-state index is 12.0. The molecule has 2 fully saturated rings. The fourth-order valence-electron chi connectivity index (χ4n) is 2.41. The maximum Gasteiger partial charge on any atom is 0.236 e. The number of hydrogen-bond acceptors (Lipinski definition) is 3. The van der Waals surface area contributed by atoms with Crippen molar-refractivity contribution in [1.29, 1.82) is 0 Å². The Morgan fingerprint density at radius 1 is 1.31 bits per heavy atom. The molecule has 16 heavy (non-hydrogen) atoms. The SMILES string of the molecule is CC1CNCC(C)N1CC(=O)N(C)C1CC1. The average molecular weight is 225 g/mol. The Labute approximate surface area is 98.0 Å². The summed E-state index contributed by atoms with van der Waals surface area (Å²) < 4.78 is 0. The Morgan fingerprint density at radius 3 is 2.38 bits per heavy atom. The lowest BCUT2D eigenvalue weighted by Gasteiger charge is -2.39. The topological polar surface area (TPSA) is 35.6 Å². The van der Waals surface area contributed by atoms with E-state index in [0.717, 1.165) is 13.1 Å². The molecular formula is C12H23N3O. The van der Waals surface area contributed by atoms with E-state index in [2.05, 4.69) is 24.1 Å². The van der Waals surface area contributed by atoms with Gasteiger partial charge >= 0.3 is 0 Å². The van der Waals surface area contributed by atoms with Gasteiger partial charge in [0.25, 0.3) is 0 Å². The third kappa shape index (κ3) is 2.55. The summed E-state index contributed by atoms with van der Waals surface area (Å²) in [5.74, 6) is 0.281. The van der Waals surface area contributed by atoms with Crippen LogP contribution in [0.15, 0.2) is 0 Å². The van der Waals surface area contributed by atoms with Crippen LogP contribution in [0.4, 0.5) is 0 Å². The monoisotopic (exact) mass is 225 g/mol. The number of hydrogen-bond donors (Lipinski definition) is 1. The number of carbonyl (C=O) groups is 1. The summed E-state index contributed by atoms with van der Waals surface area (Å²) in [6, 6.07) is 1.45. The second kappa shape index (κ2) is 4.72. The highest BCUT2D eigenvalue weighted by Crippen LogP contribution is 2.25. The molecule has 4 nitrogen and oxygen atoms in total. The first-order chi connectivity index (χ1) is 7.59. The molecule has 1 amide bonds. The predicted molar refractivity (Wildman–Crippen MR) is 64.3 cm³/mol. The molecule has 1 N–H and O–H groups in total. The largest absolute Gasteiger partial charge is 0.342 e. The molecule has 2 rings (SSSR count). The van der Waals surface area contributed by atoms with Crippen LogP contribution >= 0.6 is 0 Å². The van der Waals surface area contributed by atoms with Crippen molar-refractivity contribution in [2.45, 2.75) is 44.8 Å². The molecular weight excluding hydrogens is 202 g/mol. The lowest BCUT2D eigenvalue weighted by atomic mass is 10.1. The zero-order valence-corrected chi connectivity index (χ0v) is 10.6. The molecule has 1 heterocycles. The lowest BCUT2D eigenvalue weighted by molar-refractivity contribution is -0.133. The predicted octanol–water partition coefficient (Wildman–Crippen LogP) is 0.289. The normalized spacial score (nSPS) is 31.4. The summed E-state index contributed by atoms with van der Waals surface area (Å²) in [4.78, 5) is 16.3. The van der Waals surface area contributed by atoms with Crippen LogP contribution in [-0.2, 0) is 4.79 Å². The van der Waals surface area contributed by atoms with E-state index in [1.165, 1.54) is 12.8 Å². The molecule has 0 aromatic rings. The molecule has 0 aromatic carbocycles. The Hall–Kier alpha value is -0.610. The zero-order chi connectivity index (χ0) is 11.7. The van der Waals surface area contributed by atoms with E-state index >= 15 is 0 Å². The first-order valence-corrected chi connectivity index (χ1v) is 6.31. The van der Waals surface area contributed by atoms with Gasteiger partial charge in [0.1, 0.15) is 0 Å². The van der Waals surface area contributed by atoms with Crippen LogP contribution in [0.1, 0.15) is 26.7 Å². The van der Waals surface area contributed by atoms with Gasteiger partial charge in [-0.15, -0.1) is 0 Å². The Morgan fingerprint density at radius 2 is 1.88 bits per heavy atom. The van der Waals surface area contributed by atoms with E-state index in [0.29, 0.717) is 24.7 Å². The fraction of sp³-hybridized carbons (Fsp3) is 0.917. The van der Waals surface area contributed by atoms with E-state index < -0.39 is 0 Å². The second-order valence-corrected chi connectivity index (χ2v) is 5.26. The summed E-state index contributed by atoms with van der Waals surface area (Å²) >= 11 is 0. The fourth-order valence-corrected chi connectivity index (χ4v) is 2.41. The van der Waals surface area contributed by atoms with Crippen molar-refractivity contribution in [2.75, 3.05) is 26.7 Å². The van der Waals surface area contributed by atoms with Gasteiger partial charge in [-0.25, -0.2) is 0 Å². The van der Waals surface area contributed by atoms with E-state index in [1.54, 1.807) is 0 Å². The van der Waals surface area contributed by atoms with Gasteiger partial charge in [0, 0.05) is 38.3 Å². The van der Waals surface area contributed by atoms with Gasteiger partial charge in [0.05, 0.1) is 6.54 Å². The van der Waals surface area contributed by atoms with Gasteiger partial charge in [0.2, 0.25) is 5.91 Å².